The molecule has 0 unspecified atom stereocenters. The van der Waals surface area contributed by atoms with Crippen molar-refractivity contribution in [1.82, 2.24) is 15.5 Å². The summed E-state index contributed by atoms with van der Waals surface area (Å²) >= 11 is 13.1. The molecule has 1 aliphatic rings. The Bertz CT molecular complexity index is 1780. The summed E-state index contributed by atoms with van der Waals surface area (Å²) in [5.74, 6) is -2.30. The average Bonchev–Trinajstić information content (AvgIpc) is 3.43. The van der Waals surface area contributed by atoms with Crippen molar-refractivity contribution in [1.29, 1.82) is 0 Å². The molecule has 13 heteroatoms. The normalized spacial score (nSPS) is 14.0. The Morgan fingerprint density at radius 1 is 1.05 bits per heavy atom. The molecule has 5 rings (SSSR count). The van der Waals surface area contributed by atoms with Crippen LogP contribution in [-0.4, -0.2) is 55.5 Å². The Hall–Kier alpha value is -3.90. The molecule has 3 aromatic carbocycles. The van der Waals surface area contributed by atoms with Gasteiger partial charge in [0.2, 0.25) is 0 Å². The van der Waals surface area contributed by atoms with Gasteiger partial charge in [0.05, 0.1) is 33.4 Å². The number of carbonyl (C=O) groups is 3. The van der Waals surface area contributed by atoms with Gasteiger partial charge < -0.3 is 20.2 Å². The van der Waals surface area contributed by atoms with Crippen LogP contribution in [0.1, 0.15) is 37.4 Å². The van der Waals surface area contributed by atoms with Crippen molar-refractivity contribution >= 4 is 62.7 Å². The number of furan rings is 1. The van der Waals surface area contributed by atoms with E-state index in [1.54, 1.807) is 30.5 Å². The summed E-state index contributed by atoms with van der Waals surface area (Å²) in [6.07, 6.45) is 1.90. The smallest absolute Gasteiger partial charge is 0.326 e. The third-order valence-electron chi connectivity index (χ3n) is 7.06. The first-order valence-electron chi connectivity index (χ1n) is 12.8. The van der Waals surface area contributed by atoms with Crippen molar-refractivity contribution in [3.8, 4) is 0 Å². The first-order chi connectivity index (χ1) is 20.1. The van der Waals surface area contributed by atoms with E-state index in [2.05, 4.69) is 10.6 Å². The SMILES string of the molecule is O=C(NCN1CCc2c(cc(Cl)c(C(=O)N[C@@H](Cc3cccc([SH](=O)=O)c3)C(=O)O)c2Cl)C1)c1ccc2ccoc2c1. The molecule has 4 aromatic rings. The van der Waals surface area contributed by atoms with E-state index in [1.807, 2.05) is 17.0 Å². The Labute approximate surface area is 252 Å². The van der Waals surface area contributed by atoms with Crippen molar-refractivity contribution in [2.75, 3.05) is 13.2 Å². The molecule has 0 aliphatic carbocycles. The van der Waals surface area contributed by atoms with E-state index in [0.29, 0.717) is 36.2 Å². The van der Waals surface area contributed by atoms with Gasteiger partial charge in [-0.15, -0.1) is 0 Å². The molecule has 0 spiro atoms. The summed E-state index contributed by atoms with van der Waals surface area (Å²) in [6, 6.07) is 13.2. The second-order valence-corrected chi connectivity index (χ2v) is 11.6. The van der Waals surface area contributed by atoms with E-state index >= 15 is 0 Å². The first-order valence-corrected chi connectivity index (χ1v) is 14.8. The highest BCUT2D eigenvalue weighted by Gasteiger charge is 2.28. The van der Waals surface area contributed by atoms with Crippen molar-refractivity contribution in [3.05, 3.63) is 98.7 Å². The van der Waals surface area contributed by atoms with Crippen LogP contribution in [0.2, 0.25) is 10.0 Å². The molecule has 0 saturated heterocycles. The highest BCUT2D eigenvalue weighted by molar-refractivity contribution is 7.72. The second-order valence-electron chi connectivity index (χ2n) is 9.82. The zero-order valence-corrected chi connectivity index (χ0v) is 24.3. The molecule has 10 nitrogen and oxygen atoms in total. The molecule has 3 N–H and O–H groups in total. The van der Waals surface area contributed by atoms with Gasteiger partial charge in [-0.3, -0.25) is 14.5 Å². The topological polar surface area (TPSA) is 146 Å². The predicted octanol–water partition coefficient (Wildman–Crippen LogP) is 3.88. The fraction of sp³-hybridized carbons (Fsp3) is 0.207. The number of carboxylic acid groups (broad SMARTS) is 1. The lowest BCUT2D eigenvalue weighted by Gasteiger charge is -2.30. The third-order valence-corrected chi connectivity index (χ3v) is 8.47. The largest absolute Gasteiger partial charge is 0.480 e. The van der Waals surface area contributed by atoms with Crippen LogP contribution in [0.3, 0.4) is 0 Å². The van der Waals surface area contributed by atoms with Gasteiger partial charge in [-0.2, -0.15) is 0 Å². The van der Waals surface area contributed by atoms with Crippen LogP contribution in [0.15, 0.2) is 70.2 Å². The van der Waals surface area contributed by atoms with Gasteiger partial charge in [-0.1, -0.05) is 41.4 Å². The number of carboxylic acids is 1. The number of benzene rings is 3. The lowest BCUT2D eigenvalue weighted by Crippen LogP contribution is -2.43. The number of carbonyl (C=O) groups excluding carboxylic acids is 2. The number of nitrogens with one attached hydrogen (secondary N) is 2. The van der Waals surface area contributed by atoms with Crippen LogP contribution in [0.5, 0.6) is 0 Å². The number of hydrogen-bond donors (Lipinski definition) is 4. The molecule has 1 atom stereocenters. The second kappa shape index (κ2) is 12.5. The average molecular weight is 631 g/mol. The molecule has 42 heavy (non-hydrogen) atoms. The lowest BCUT2D eigenvalue weighted by molar-refractivity contribution is -0.139. The molecule has 0 fully saturated rings. The van der Waals surface area contributed by atoms with Gasteiger partial charge in [-0.05, 0) is 59.5 Å². The van der Waals surface area contributed by atoms with Crippen LogP contribution in [0.4, 0.5) is 0 Å². The molecule has 2 amide bonds. The molecular formula is C29H25Cl2N3O7S. The van der Waals surface area contributed by atoms with E-state index in [1.165, 1.54) is 18.2 Å². The van der Waals surface area contributed by atoms with E-state index in [9.17, 15) is 27.9 Å². The predicted molar refractivity (Wildman–Crippen MR) is 157 cm³/mol. The molecule has 218 valence electrons. The van der Waals surface area contributed by atoms with E-state index in [0.717, 1.165) is 16.5 Å². The van der Waals surface area contributed by atoms with Crippen LogP contribution < -0.4 is 10.6 Å². The zero-order valence-electron chi connectivity index (χ0n) is 21.9. The number of halogens is 2. The number of thiol groups is 1. The van der Waals surface area contributed by atoms with Gasteiger partial charge in [0.15, 0.2) is 10.7 Å². The monoisotopic (exact) mass is 629 g/mol. The summed E-state index contributed by atoms with van der Waals surface area (Å²) in [5.41, 5.74) is 3.00. The standard InChI is InChI=1S/C29H25Cl2N3O7S/c30-22-12-19-14-34(15-32-27(35)18-5-4-17-7-9-41-24(17)13-18)8-6-21(19)26(31)25(22)28(36)33-23(29(37)38)11-16-2-1-3-20(10-16)42(39)40/h1-5,7,9-10,12-13,23,42H,6,8,11,14-15H2,(H,32,35)(H,33,36)(H,37,38)/t23-/m0/s1. The maximum atomic E-state index is 13.2. The minimum absolute atomic E-state index is 0.0326. The zero-order chi connectivity index (χ0) is 30.0. The highest BCUT2D eigenvalue weighted by atomic mass is 35.5. The Morgan fingerprint density at radius 3 is 2.62 bits per heavy atom. The molecule has 1 aliphatic heterocycles. The van der Waals surface area contributed by atoms with Gasteiger partial charge in [0.25, 0.3) is 11.8 Å². The summed E-state index contributed by atoms with van der Waals surface area (Å²) in [7, 11) is -2.84. The quantitative estimate of drug-likeness (QED) is 0.204. The first kappa shape index (κ1) is 29.6. The number of fused-ring (bicyclic) bond motifs is 2. The van der Waals surface area contributed by atoms with Crippen molar-refractivity contribution in [2.45, 2.75) is 30.3 Å². The van der Waals surface area contributed by atoms with Gasteiger partial charge >= 0.3 is 5.97 Å². The minimum Gasteiger partial charge on any atom is -0.480 e. The minimum atomic E-state index is -2.84. The van der Waals surface area contributed by atoms with E-state index in [-0.39, 0.29) is 39.5 Å². The summed E-state index contributed by atoms with van der Waals surface area (Å²) in [5, 5.41) is 16.2. The molecule has 1 aromatic heterocycles. The van der Waals surface area contributed by atoms with Crippen LogP contribution in [0, 0.1) is 0 Å². The molecule has 0 radical (unpaired) electrons. The molecule has 0 bridgehead atoms. The summed E-state index contributed by atoms with van der Waals surface area (Å²) in [6.45, 7) is 1.24. The number of hydrogen-bond acceptors (Lipinski definition) is 7. The maximum absolute atomic E-state index is 13.2. The molecule has 2 heterocycles. The van der Waals surface area contributed by atoms with Crippen molar-refractivity contribution in [2.24, 2.45) is 0 Å². The van der Waals surface area contributed by atoms with Gasteiger partial charge in [0, 0.05) is 30.5 Å². The lowest BCUT2D eigenvalue weighted by atomic mass is 9.96. The van der Waals surface area contributed by atoms with Gasteiger partial charge in [0.1, 0.15) is 11.6 Å². The fourth-order valence-corrected chi connectivity index (χ4v) is 6.14. The third kappa shape index (κ3) is 6.44. The fourth-order valence-electron chi connectivity index (χ4n) is 4.90. The van der Waals surface area contributed by atoms with Crippen molar-refractivity contribution < 1.29 is 32.3 Å². The molecule has 0 saturated carbocycles. The van der Waals surface area contributed by atoms with E-state index < -0.39 is 28.6 Å². The van der Waals surface area contributed by atoms with Crippen LogP contribution in [-0.2, 0) is 34.9 Å². The summed E-state index contributed by atoms with van der Waals surface area (Å²) < 4.78 is 28.0. The van der Waals surface area contributed by atoms with E-state index in [4.69, 9.17) is 27.6 Å². The molecular weight excluding hydrogens is 605 g/mol. The van der Waals surface area contributed by atoms with Crippen LogP contribution in [0.25, 0.3) is 11.0 Å². The number of aliphatic carboxylic acids is 1. The number of rotatable bonds is 9. The highest BCUT2D eigenvalue weighted by Crippen LogP contribution is 2.34. The van der Waals surface area contributed by atoms with Gasteiger partial charge in [-0.25, -0.2) is 13.2 Å². The Morgan fingerprint density at radius 2 is 1.86 bits per heavy atom. The van der Waals surface area contributed by atoms with Crippen LogP contribution >= 0.6 is 23.2 Å². The maximum Gasteiger partial charge on any atom is 0.326 e. The Kier molecular flexibility index (Phi) is 8.83. The summed E-state index contributed by atoms with van der Waals surface area (Å²) in [4.78, 5) is 39.9. The Balaban J connectivity index is 1.26. The number of amides is 2. The van der Waals surface area contributed by atoms with Crippen molar-refractivity contribution in [3.63, 3.8) is 0 Å². The number of nitrogens with zero attached hydrogens (tertiary/aromatic N) is 1.